The standard InChI is InChI=1S/C17H21OS2/c1-18-13-19-16-9-10-17(20-11-5-2-6-12-20)15-8-4-3-7-14(15)16/h3-4,7-10H,2,5-6,11-13H2,1H3/q+1. The smallest absolute Gasteiger partial charge is 0.162 e. The highest BCUT2D eigenvalue weighted by Gasteiger charge is 2.27. The molecule has 106 valence electrons. The molecule has 1 fully saturated rings. The molecule has 0 spiro atoms. The van der Waals surface area contributed by atoms with Crippen LogP contribution in [0.25, 0.3) is 10.8 Å². The SMILES string of the molecule is COCSc1ccc([S+]2CCCCC2)c2ccccc12. The summed E-state index contributed by atoms with van der Waals surface area (Å²) in [6, 6.07) is 13.5. The van der Waals surface area contributed by atoms with E-state index >= 15 is 0 Å². The molecule has 0 N–H and O–H groups in total. The fourth-order valence-corrected chi connectivity index (χ4v) is 6.04. The monoisotopic (exact) mass is 305 g/mol. The first kappa shape index (κ1) is 14.3. The molecule has 1 aliphatic heterocycles. The second kappa shape index (κ2) is 6.88. The van der Waals surface area contributed by atoms with Crippen molar-refractivity contribution in [3.63, 3.8) is 0 Å². The fraction of sp³-hybridized carbons (Fsp3) is 0.412. The maximum atomic E-state index is 5.21. The third kappa shape index (κ3) is 3.00. The van der Waals surface area contributed by atoms with Crippen LogP contribution in [0.2, 0.25) is 0 Å². The number of benzene rings is 2. The van der Waals surface area contributed by atoms with Crippen molar-refractivity contribution in [3.8, 4) is 0 Å². The van der Waals surface area contributed by atoms with Crippen molar-refractivity contribution in [2.24, 2.45) is 0 Å². The molecule has 0 radical (unpaired) electrons. The first-order valence-electron chi connectivity index (χ1n) is 7.21. The number of ether oxygens (including phenoxy) is 1. The molecule has 1 aliphatic rings. The minimum Gasteiger partial charge on any atom is -0.374 e. The van der Waals surface area contributed by atoms with Gasteiger partial charge in [-0.2, -0.15) is 0 Å². The Morgan fingerprint density at radius 1 is 1.00 bits per heavy atom. The molecule has 0 unspecified atom stereocenters. The van der Waals surface area contributed by atoms with Gasteiger partial charge in [-0.05, 0) is 37.5 Å². The minimum absolute atomic E-state index is 0.463. The lowest BCUT2D eigenvalue weighted by Gasteiger charge is -2.16. The Balaban J connectivity index is 2.01. The van der Waals surface area contributed by atoms with Gasteiger partial charge in [-0.1, -0.05) is 30.0 Å². The van der Waals surface area contributed by atoms with E-state index in [0.29, 0.717) is 10.9 Å². The summed E-state index contributed by atoms with van der Waals surface area (Å²) >= 11 is 1.79. The maximum absolute atomic E-state index is 5.21. The molecule has 0 aromatic heterocycles. The Kier molecular flexibility index (Phi) is 4.92. The van der Waals surface area contributed by atoms with Gasteiger partial charge in [0.05, 0.1) is 5.94 Å². The molecule has 2 aromatic rings. The van der Waals surface area contributed by atoms with E-state index in [4.69, 9.17) is 4.74 Å². The van der Waals surface area contributed by atoms with Crippen molar-refractivity contribution in [1.29, 1.82) is 0 Å². The lowest BCUT2D eigenvalue weighted by Crippen LogP contribution is -2.17. The van der Waals surface area contributed by atoms with Gasteiger partial charge in [0.1, 0.15) is 11.5 Å². The van der Waals surface area contributed by atoms with Crippen LogP contribution in [-0.4, -0.2) is 24.6 Å². The van der Waals surface area contributed by atoms with E-state index in [9.17, 15) is 0 Å². The molecule has 0 bridgehead atoms. The summed E-state index contributed by atoms with van der Waals surface area (Å²) in [4.78, 5) is 2.92. The first-order chi connectivity index (χ1) is 9.90. The number of hydrogen-bond donors (Lipinski definition) is 0. The average Bonchev–Trinajstić information content (AvgIpc) is 2.53. The number of fused-ring (bicyclic) bond motifs is 1. The average molecular weight is 305 g/mol. The number of methoxy groups -OCH3 is 1. The quantitative estimate of drug-likeness (QED) is 0.460. The summed E-state index contributed by atoms with van der Waals surface area (Å²) in [7, 11) is 2.22. The number of thioether (sulfide) groups is 1. The molecule has 20 heavy (non-hydrogen) atoms. The van der Waals surface area contributed by atoms with E-state index in [0.717, 1.165) is 5.94 Å². The largest absolute Gasteiger partial charge is 0.374 e. The van der Waals surface area contributed by atoms with Gasteiger partial charge in [0.2, 0.25) is 0 Å². The van der Waals surface area contributed by atoms with E-state index in [1.165, 1.54) is 46.4 Å². The van der Waals surface area contributed by atoms with Crippen LogP contribution >= 0.6 is 11.8 Å². The predicted octanol–water partition coefficient (Wildman–Crippen LogP) is 4.70. The summed E-state index contributed by atoms with van der Waals surface area (Å²) in [5.41, 5.74) is 0. The van der Waals surface area contributed by atoms with E-state index in [1.54, 1.807) is 23.8 Å². The van der Waals surface area contributed by atoms with Gasteiger partial charge in [-0.25, -0.2) is 0 Å². The fourth-order valence-electron chi connectivity index (χ4n) is 2.80. The lowest BCUT2D eigenvalue weighted by molar-refractivity contribution is 0.259. The molecule has 3 rings (SSSR count). The molecule has 0 aliphatic carbocycles. The predicted molar refractivity (Wildman–Crippen MR) is 90.9 cm³/mol. The zero-order valence-electron chi connectivity index (χ0n) is 11.9. The van der Waals surface area contributed by atoms with Gasteiger partial charge in [0.25, 0.3) is 0 Å². The Bertz CT molecular complexity index is 576. The van der Waals surface area contributed by atoms with Crippen LogP contribution in [-0.2, 0) is 15.6 Å². The molecular weight excluding hydrogens is 284 g/mol. The van der Waals surface area contributed by atoms with Crippen LogP contribution < -0.4 is 0 Å². The van der Waals surface area contributed by atoms with Gasteiger partial charge in [-0.3, -0.25) is 0 Å². The highest BCUT2D eigenvalue weighted by atomic mass is 32.2. The molecule has 0 saturated carbocycles. The van der Waals surface area contributed by atoms with Crippen molar-refractivity contribution in [2.75, 3.05) is 24.6 Å². The molecule has 3 heteroatoms. The second-order valence-corrected chi connectivity index (χ2v) is 8.33. The number of rotatable bonds is 4. The Morgan fingerprint density at radius 2 is 1.75 bits per heavy atom. The zero-order chi connectivity index (χ0) is 13.8. The van der Waals surface area contributed by atoms with E-state index in [2.05, 4.69) is 36.4 Å². The van der Waals surface area contributed by atoms with Crippen LogP contribution in [0.5, 0.6) is 0 Å². The lowest BCUT2D eigenvalue weighted by atomic mass is 10.1. The van der Waals surface area contributed by atoms with Gasteiger partial charge in [-0.15, -0.1) is 0 Å². The van der Waals surface area contributed by atoms with Crippen molar-refractivity contribution >= 4 is 33.4 Å². The van der Waals surface area contributed by atoms with E-state index in [1.807, 2.05) is 0 Å². The van der Waals surface area contributed by atoms with Crippen LogP contribution in [0.15, 0.2) is 46.2 Å². The van der Waals surface area contributed by atoms with Crippen molar-refractivity contribution in [2.45, 2.75) is 29.1 Å². The van der Waals surface area contributed by atoms with Crippen molar-refractivity contribution in [1.82, 2.24) is 0 Å². The molecule has 1 saturated heterocycles. The highest BCUT2D eigenvalue weighted by molar-refractivity contribution is 7.99. The highest BCUT2D eigenvalue weighted by Crippen LogP contribution is 2.34. The summed E-state index contributed by atoms with van der Waals surface area (Å²) in [6.07, 6.45) is 4.22. The van der Waals surface area contributed by atoms with Crippen LogP contribution in [0.4, 0.5) is 0 Å². The molecule has 2 aromatic carbocycles. The summed E-state index contributed by atoms with van der Waals surface area (Å²) in [6.45, 7) is 0. The van der Waals surface area contributed by atoms with E-state index in [-0.39, 0.29) is 0 Å². The first-order valence-corrected chi connectivity index (χ1v) is 9.76. The Labute approximate surface area is 128 Å². The van der Waals surface area contributed by atoms with Crippen molar-refractivity contribution < 1.29 is 4.74 Å². The topological polar surface area (TPSA) is 9.23 Å². The van der Waals surface area contributed by atoms with Gasteiger partial charge >= 0.3 is 0 Å². The maximum Gasteiger partial charge on any atom is 0.162 e. The van der Waals surface area contributed by atoms with Crippen LogP contribution in [0, 0.1) is 0 Å². The van der Waals surface area contributed by atoms with Crippen molar-refractivity contribution in [3.05, 3.63) is 36.4 Å². The summed E-state index contributed by atoms with van der Waals surface area (Å²) < 4.78 is 5.21. The summed E-state index contributed by atoms with van der Waals surface area (Å²) in [5.74, 6) is 3.48. The third-order valence-corrected chi connectivity index (χ3v) is 7.33. The molecule has 1 heterocycles. The molecule has 1 nitrogen and oxygen atoms in total. The van der Waals surface area contributed by atoms with Gasteiger partial charge < -0.3 is 4.74 Å². The minimum atomic E-state index is 0.463. The number of hydrogen-bond acceptors (Lipinski definition) is 2. The molecular formula is C17H21OS2+. The second-order valence-electron chi connectivity index (χ2n) is 5.12. The van der Waals surface area contributed by atoms with E-state index < -0.39 is 0 Å². The Hall–Kier alpha value is -0.640. The summed E-state index contributed by atoms with van der Waals surface area (Å²) in [5, 5.41) is 2.85. The van der Waals surface area contributed by atoms with Crippen LogP contribution in [0.1, 0.15) is 19.3 Å². The normalized spacial score (nSPS) is 16.6. The molecule has 0 amide bonds. The Morgan fingerprint density at radius 3 is 2.50 bits per heavy atom. The third-order valence-electron chi connectivity index (χ3n) is 3.77. The van der Waals surface area contributed by atoms with Gasteiger partial charge in [0.15, 0.2) is 4.90 Å². The van der Waals surface area contributed by atoms with Crippen LogP contribution in [0.3, 0.4) is 0 Å². The van der Waals surface area contributed by atoms with Gasteiger partial charge in [0, 0.05) is 33.7 Å². The zero-order valence-corrected chi connectivity index (χ0v) is 13.6. The molecule has 0 atom stereocenters.